The second-order valence-electron chi connectivity index (χ2n) is 13.1. The van der Waals surface area contributed by atoms with Crippen molar-refractivity contribution in [2.24, 2.45) is 5.92 Å². The second kappa shape index (κ2) is 15.2. The summed E-state index contributed by atoms with van der Waals surface area (Å²) in [6, 6.07) is 0. The molecule has 2 bridgehead atoms. The SMILES string of the molecule is C[C@H]1[C@H]2OP(=O)(S)OC[C@H]3O[C@@H](n4cc5c6c(ncnc64)NCCC5)[C@H](O)[C@@H]3OP(=O)(S)OC[C@H]1O[C@H]2n1cnc2c(NCCNC(=O)CO)ncnc21. The molecule has 0 aliphatic carbocycles. The summed E-state index contributed by atoms with van der Waals surface area (Å²) in [5, 5.41) is 30.3. The predicted octanol–water partition coefficient (Wildman–Crippen LogP) is 1.83. The third kappa shape index (κ3) is 7.37. The van der Waals surface area contributed by atoms with Crippen molar-refractivity contribution in [3.63, 3.8) is 0 Å². The van der Waals surface area contributed by atoms with E-state index in [1.165, 1.54) is 19.0 Å². The lowest BCUT2D eigenvalue weighted by molar-refractivity contribution is -0.123. The Kier molecular flexibility index (Phi) is 10.7. The van der Waals surface area contributed by atoms with Crippen LogP contribution in [0.1, 0.15) is 31.4 Å². The Labute approximate surface area is 317 Å². The highest BCUT2D eigenvalue weighted by atomic mass is 32.7. The van der Waals surface area contributed by atoms with Gasteiger partial charge < -0.3 is 40.2 Å². The number of anilines is 2. The fraction of sp³-hybridized carbons (Fsp3) is 0.586. The van der Waals surface area contributed by atoms with E-state index >= 15 is 0 Å². The summed E-state index contributed by atoms with van der Waals surface area (Å²) in [4.78, 5) is 33.3. The van der Waals surface area contributed by atoms with Crippen molar-refractivity contribution >= 4 is 77.8 Å². The zero-order valence-electron chi connectivity index (χ0n) is 28.6. The highest BCUT2D eigenvalue weighted by Gasteiger charge is 2.52. The molecule has 3 saturated heterocycles. The Morgan fingerprint density at radius 1 is 0.963 bits per heavy atom. The van der Waals surface area contributed by atoms with Gasteiger partial charge in [0.05, 0.1) is 31.0 Å². The molecule has 292 valence electrons. The van der Waals surface area contributed by atoms with E-state index in [-0.39, 0.29) is 19.7 Å². The maximum Gasteiger partial charge on any atom is 0.386 e. The molecule has 4 aliphatic rings. The fourth-order valence-corrected chi connectivity index (χ4v) is 10.1. The van der Waals surface area contributed by atoms with Crippen molar-refractivity contribution in [3.05, 3.63) is 30.7 Å². The van der Waals surface area contributed by atoms with Gasteiger partial charge in [0, 0.05) is 31.7 Å². The number of thiol groups is 2. The monoisotopic (exact) mass is 828 g/mol. The lowest BCUT2D eigenvalue weighted by atomic mass is 10.0. The van der Waals surface area contributed by atoms with Gasteiger partial charge in [0.2, 0.25) is 5.91 Å². The van der Waals surface area contributed by atoms with E-state index in [9.17, 15) is 19.0 Å². The lowest BCUT2D eigenvalue weighted by Crippen LogP contribution is -2.35. The Hall–Kier alpha value is -2.92. The molecule has 4 aromatic rings. The standard InChI is InChI=1S/C29H38N10O11P2S2/c1-14-16-9-45-52(44,54)50-23-17(48-28(21(23)42)38-7-15-3-2-4-31-24-19(15)26(38)35-11-33-24)10-46-51(43,53)49-22(14)29(47-16)39-13-37-20-25(34-12-36-27(20)39)32-6-5-30-18(41)8-40/h7,11-14,16-17,21-23,28-29,40,42H,2-6,8-10H2,1H3,(H,30,41)(H,43,53)(H,44,54)(H,31,33,35)(H,32,34,36)/t14-,16-,17-,21-,22-,23-,28-,29-,51?,52?/m1/s1. The molecule has 0 aromatic carbocycles. The maximum absolute atomic E-state index is 14.0. The van der Waals surface area contributed by atoms with Gasteiger partial charge in [-0.25, -0.2) is 34.0 Å². The largest absolute Gasteiger partial charge is 0.387 e. The van der Waals surface area contributed by atoms with Gasteiger partial charge in [0.25, 0.3) is 0 Å². The molecule has 0 radical (unpaired) electrons. The number of nitrogens with zero attached hydrogens (tertiary/aromatic N) is 7. The number of nitrogens with one attached hydrogen (secondary N) is 3. The molecule has 10 atom stereocenters. The molecule has 21 nitrogen and oxygen atoms in total. The van der Waals surface area contributed by atoms with Gasteiger partial charge in [-0.05, 0) is 18.4 Å². The average molecular weight is 829 g/mol. The number of aliphatic hydroxyl groups is 2. The van der Waals surface area contributed by atoms with Gasteiger partial charge in [-0.1, -0.05) is 31.4 Å². The number of ether oxygens (including phenoxy) is 2. The number of amides is 1. The minimum atomic E-state index is -4.21. The Bertz CT molecular complexity index is 2150. The first-order valence-corrected chi connectivity index (χ1v) is 22.5. The summed E-state index contributed by atoms with van der Waals surface area (Å²) in [6.45, 7) is -6.79. The molecule has 25 heteroatoms. The van der Waals surface area contributed by atoms with Crippen LogP contribution < -0.4 is 16.0 Å². The molecular weight excluding hydrogens is 790 g/mol. The first-order valence-electron chi connectivity index (χ1n) is 17.1. The first-order chi connectivity index (χ1) is 25.9. The number of imidazole rings is 1. The van der Waals surface area contributed by atoms with Crippen LogP contribution >= 0.6 is 38.1 Å². The van der Waals surface area contributed by atoms with Crippen LogP contribution in [0.2, 0.25) is 0 Å². The summed E-state index contributed by atoms with van der Waals surface area (Å²) < 4.78 is 67.1. The molecule has 0 spiro atoms. The number of carbonyl (C=O) groups excluding carboxylic acids is 1. The van der Waals surface area contributed by atoms with Crippen LogP contribution in [-0.2, 0) is 47.9 Å². The third-order valence-electron chi connectivity index (χ3n) is 9.72. The molecule has 5 N–H and O–H groups in total. The average Bonchev–Trinajstić information content (AvgIpc) is 3.86. The zero-order chi connectivity index (χ0) is 37.8. The van der Waals surface area contributed by atoms with Crippen LogP contribution in [0.25, 0.3) is 22.2 Å². The summed E-state index contributed by atoms with van der Waals surface area (Å²) in [6.07, 6.45) is -0.112. The number of rotatable bonds is 7. The Morgan fingerprint density at radius 3 is 2.48 bits per heavy atom. The molecule has 2 unspecified atom stereocenters. The summed E-state index contributed by atoms with van der Waals surface area (Å²) in [7, 11) is 0. The second-order valence-corrected chi connectivity index (χ2v) is 18.9. The van der Waals surface area contributed by atoms with E-state index in [0.717, 1.165) is 30.3 Å². The summed E-state index contributed by atoms with van der Waals surface area (Å²) >= 11 is 8.55. The highest BCUT2D eigenvalue weighted by Crippen LogP contribution is 2.61. The van der Waals surface area contributed by atoms with Gasteiger partial charge in [-0.3, -0.25) is 27.5 Å². The molecule has 4 aromatic heterocycles. The van der Waals surface area contributed by atoms with Gasteiger partial charge >= 0.3 is 13.6 Å². The van der Waals surface area contributed by atoms with Crippen LogP contribution in [0.15, 0.2) is 25.2 Å². The number of aromatic nitrogens is 7. The van der Waals surface area contributed by atoms with E-state index in [1.54, 1.807) is 16.1 Å². The van der Waals surface area contributed by atoms with Crippen LogP contribution in [0, 0.1) is 5.92 Å². The van der Waals surface area contributed by atoms with E-state index in [2.05, 4.69) is 65.4 Å². The maximum atomic E-state index is 14.0. The van der Waals surface area contributed by atoms with Crippen molar-refractivity contribution in [2.45, 2.75) is 62.7 Å². The first kappa shape index (κ1) is 38.0. The van der Waals surface area contributed by atoms with Crippen LogP contribution in [0.3, 0.4) is 0 Å². The van der Waals surface area contributed by atoms with Crippen LogP contribution in [0.4, 0.5) is 11.6 Å². The smallest absolute Gasteiger partial charge is 0.386 e. The molecule has 8 heterocycles. The number of aliphatic hydroxyl groups excluding tert-OH is 2. The van der Waals surface area contributed by atoms with E-state index in [1.807, 2.05) is 6.20 Å². The highest BCUT2D eigenvalue weighted by molar-refractivity contribution is 8.44. The topological polar surface area (TPSA) is 257 Å². The van der Waals surface area contributed by atoms with E-state index in [0.29, 0.717) is 28.4 Å². The number of fused-ring (bicyclic) bond motifs is 4. The number of aryl methyl sites for hydroxylation is 1. The zero-order valence-corrected chi connectivity index (χ0v) is 32.2. The minimum absolute atomic E-state index is 0.215. The van der Waals surface area contributed by atoms with Gasteiger partial charge in [-0.15, -0.1) is 0 Å². The molecular formula is C29H38N10O11P2S2. The van der Waals surface area contributed by atoms with Crippen molar-refractivity contribution in [1.82, 2.24) is 39.4 Å². The lowest BCUT2D eigenvalue weighted by Gasteiger charge is -2.27. The van der Waals surface area contributed by atoms with Crippen LogP contribution in [-0.4, -0.2) is 120 Å². The normalized spacial score (nSPS) is 34.3. The Balaban J connectivity index is 1.05. The van der Waals surface area contributed by atoms with E-state index < -0.39 is 81.6 Å². The summed E-state index contributed by atoms with van der Waals surface area (Å²) in [5.41, 5.74) is 2.17. The number of hydrogen-bond acceptors (Lipinski definition) is 18. The molecule has 1 amide bonds. The van der Waals surface area contributed by atoms with Gasteiger partial charge in [0.1, 0.15) is 55.1 Å². The summed E-state index contributed by atoms with van der Waals surface area (Å²) in [5.74, 6) is -0.0306. The predicted molar refractivity (Wildman–Crippen MR) is 196 cm³/mol. The minimum Gasteiger partial charge on any atom is -0.387 e. The number of carbonyl (C=O) groups is 1. The van der Waals surface area contributed by atoms with Gasteiger partial charge in [-0.2, -0.15) is 0 Å². The van der Waals surface area contributed by atoms with Gasteiger partial charge in [0.15, 0.2) is 29.4 Å². The molecule has 0 saturated carbocycles. The molecule has 3 fully saturated rings. The van der Waals surface area contributed by atoms with Crippen molar-refractivity contribution in [2.75, 3.05) is 50.1 Å². The number of hydrogen-bond donors (Lipinski definition) is 7. The van der Waals surface area contributed by atoms with Crippen LogP contribution in [0.5, 0.6) is 0 Å². The molecule has 8 rings (SSSR count). The van der Waals surface area contributed by atoms with Crippen molar-refractivity contribution in [1.29, 1.82) is 0 Å². The van der Waals surface area contributed by atoms with E-state index in [4.69, 9.17) is 32.7 Å². The fourth-order valence-electron chi connectivity index (χ4n) is 7.10. The Morgan fingerprint density at radius 2 is 1.69 bits per heavy atom. The van der Waals surface area contributed by atoms with Crippen molar-refractivity contribution < 1.29 is 51.7 Å². The quantitative estimate of drug-likeness (QED) is 0.0797. The third-order valence-corrected chi connectivity index (χ3v) is 12.9. The van der Waals surface area contributed by atoms with Crippen molar-refractivity contribution in [3.8, 4) is 0 Å². The molecule has 4 aliphatic heterocycles. The molecule has 54 heavy (non-hydrogen) atoms.